The molecule has 2 atom stereocenters. The molecule has 0 saturated carbocycles. The van der Waals surface area contributed by atoms with Crippen LogP contribution in [0.3, 0.4) is 0 Å². The Morgan fingerprint density at radius 3 is 2.64 bits per heavy atom. The second-order valence-electron chi connectivity index (χ2n) is 6.66. The van der Waals surface area contributed by atoms with Gasteiger partial charge in [-0.25, -0.2) is 0 Å². The molecule has 1 aliphatic rings. The standard InChI is InChI=1S/C21H22ClNO5/c1-27-10-9-23-19(24)12-18(21(25)26)20(23)15-5-7-17(8-6-15)28-13-14-3-2-4-16(22)11-14/h2-8,11,18,20H,9-10,12-13H2,1H3,(H,25,26)/t18-,20-/m0/s1. The van der Waals surface area contributed by atoms with Gasteiger partial charge in [0, 0.05) is 25.1 Å². The first kappa shape index (κ1) is 20.2. The molecule has 2 aromatic rings. The van der Waals surface area contributed by atoms with Gasteiger partial charge in [-0.2, -0.15) is 0 Å². The molecule has 0 spiro atoms. The third kappa shape index (κ3) is 4.64. The van der Waals surface area contributed by atoms with Crippen molar-refractivity contribution in [2.75, 3.05) is 20.3 Å². The lowest BCUT2D eigenvalue weighted by Crippen LogP contribution is -2.33. The lowest BCUT2D eigenvalue weighted by atomic mass is 9.93. The molecule has 0 radical (unpaired) electrons. The Hall–Kier alpha value is -2.57. The summed E-state index contributed by atoms with van der Waals surface area (Å²) in [5.41, 5.74) is 1.72. The van der Waals surface area contributed by atoms with Gasteiger partial charge in [-0.3, -0.25) is 9.59 Å². The van der Waals surface area contributed by atoms with E-state index in [1.54, 1.807) is 30.2 Å². The quantitative estimate of drug-likeness (QED) is 0.729. The van der Waals surface area contributed by atoms with E-state index >= 15 is 0 Å². The maximum Gasteiger partial charge on any atom is 0.309 e. The Morgan fingerprint density at radius 2 is 2.00 bits per heavy atom. The summed E-state index contributed by atoms with van der Waals surface area (Å²) >= 11 is 5.98. The fraction of sp³-hybridized carbons (Fsp3) is 0.333. The number of carbonyl (C=O) groups is 2. The van der Waals surface area contributed by atoms with Crippen molar-refractivity contribution in [2.45, 2.75) is 19.1 Å². The minimum Gasteiger partial charge on any atom is -0.489 e. The maximum absolute atomic E-state index is 12.3. The van der Waals surface area contributed by atoms with Gasteiger partial charge in [0.15, 0.2) is 0 Å². The van der Waals surface area contributed by atoms with Crippen molar-refractivity contribution < 1.29 is 24.2 Å². The highest BCUT2D eigenvalue weighted by Gasteiger charge is 2.44. The molecule has 0 bridgehead atoms. The summed E-state index contributed by atoms with van der Waals surface area (Å²) in [6.07, 6.45) is -0.00324. The Kier molecular flexibility index (Phi) is 6.54. The van der Waals surface area contributed by atoms with E-state index in [2.05, 4.69) is 0 Å². The van der Waals surface area contributed by atoms with E-state index in [1.807, 2.05) is 30.3 Å². The molecule has 0 aromatic heterocycles. The molecule has 1 heterocycles. The highest BCUT2D eigenvalue weighted by atomic mass is 35.5. The fourth-order valence-corrected chi connectivity index (χ4v) is 3.64. The van der Waals surface area contributed by atoms with Crippen LogP contribution in [0.15, 0.2) is 48.5 Å². The van der Waals surface area contributed by atoms with Gasteiger partial charge in [-0.15, -0.1) is 0 Å². The number of hydrogen-bond donors (Lipinski definition) is 1. The van der Waals surface area contributed by atoms with Crippen molar-refractivity contribution in [3.05, 3.63) is 64.7 Å². The summed E-state index contributed by atoms with van der Waals surface area (Å²) in [5.74, 6) is -1.26. The van der Waals surface area contributed by atoms with Crippen LogP contribution in [-0.4, -0.2) is 42.1 Å². The summed E-state index contributed by atoms with van der Waals surface area (Å²) in [5, 5.41) is 10.2. The topological polar surface area (TPSA) is 76.1 Å². The van der Waals surface area contributed by atoms with E-state index in [-0.39, 0.29) is 12.3 Å². The average Bonchev–Trinajstić information content (AvgIpc) is 3.02. The zero-order valence-corrected chi connectivity index (χ0v) is 16.3. The molecule has 7 heteroatoms. The molecule has 6 nitrogen and oxygen atoms in total. The van der Waals surface area contributed by atoms with E-state index in [1.165, 1.54) is 0 Å². The molecule has 148 valence electrons. The SMILES string of the molecule is COCCN1C(=O)C[C@H](C(=O)O)[C@@H]1c1ccc(OCc2cccc(Cl)c2)cc1. The van der Waals surface area contributed by atoms with Crippen molar-refractivity contribution in [3.63, 3.8) is 0 Å². The average molecular weight is 404 g/mol. The van der Waals surface area contributed by atoms with Gasteiger partial charge in [0.25, 0.3) is 0 Å². The maximum atomic E-state index is 12.3. The van der Waals surface area contributed by atoms with Crippen molar-refractivity contribution in [1.82, 2.24) is 4.90 Å². The second-order valence-corrected chi connectivity index (χ2v) is 7.10. The summed E-state index contributed by atoms with van der Waals surface area (Å²) in [7, 11) is 1.55. The minimum absolute atomic E-state index is 0.00324. The van der Waals surface area contributed by atoms with Crippen LogP contribution in [0.2, 0.25) is 5.02 Å². The number of likely N-dealkylation sites (tertiary alicyclic amines) is 1. The van der Waals surface area contributed by atoms with Crippen LogP contribution in [0.4, 0.5) is 0 Å². The molecule has 0 aliphatic carbocycles. The first-order chi connectivity index (χ1) is 13.5. The number of halogens is 1. The predicted octanol–water partition coefficient (Wildman–Crippen LogP) is 3.54. The molecule has 2 aromatic carbocycles. The van der Waals surface area contributed by atoms with Gasteiger partial charge >= 0.3 is 5.97 Å². The van der Waals surface area contributed by atoms with Crippen molar-refractivity contribution >= 4 is 23.5 Å². The number of nitrogens with zero attached hydrogens (tertiary/aromatic N) is 1. The molecule has 28 heavy (non-hydrogen) atoms. The number of benzene rings is 2. The number of carboxylic acids is 1. The smallest absolute Gasteiger partial charge is 0.309 e. The molecular formula is C21H22ClNO5. The number of carboxylic acid groups (broad SMARTS) is 1. The van der Waals surface area contributed by atoms with Crippen LogP contribution in [0.1, 0.15) is 23.6 Å². The summed E-state index contributed by atoms with van der Waals surface area (Å²) < 4.78 is 10.8. The van der Waals surface area contributed by atoms with E-state index in [4.69, 9.17) is 21.1 Å². The molecule has 1 saturated heterocycles. The Labute approximate surface area is 168 Å². The van der Waals surface area contributed by atoms with E-state index in [0.29, 0.717) is 30.5 Å². The van der Waals surface area contributed by atoms with E-state index < -0.39 is 17.9 Å². The van der Waals surface area contributed by atoms with Crippen LogP contribution in [0.25, 0.3) is 0 Å². The molecule has 0 unspecified atom stereocenters. The summed E-state index contributed by atoms with van der Waals surface area (Å²) in [4.78, 5) is 25.5. The number of hydrogen-bond acceptors (Lipinski definition) is 4. The zero-order chi connectivity index (χ0) is 20.1. The summed E-state index contributed by atoms with van der Waals surface area (Å²) in [6, 6.07) is 14.1. The first-order valence-corrected chi connectivity index (χ1v) is 9.36. The molecule has 1 aliphatic heterocycles. The number of amides is 1. The predicted molar refractivity (Wildman–Crippen MR) is 104 cm³/mol. The first-order valence-electron chi connectivity index (χ1n) is 8.98. The molecule has 1 amide bonds. The largest absolute Gasteiger partial charge is 0.489 e. The lowest BCUT2D eigenvalue weighted by molar-refractivity contribution is -0.142. The van der Waals surface area contributed by atoms with Gasteiger partial charge in [-0.05, 0) is 35.4 Å². The van der Waals surface area contributed by atoms with Gasteiger partial charge < -0.3 is 19.5 Å². The molecular weight excluding hydrogens is 382 g/mol. The highest BCUT2D eigenvalue weighted by Crippen LogP contribution is 2.38. The monoisotopic (exact) mass is 403 g/mol. The minimum atomic E-state index is -0.973. The lowest BCUT2D eigenvalue weighted by Gasteiger charge is -2.27. The molecule has 1 fully saturated rings. The Bertz CT molecular complexity index is 839. The van der Waals surface area contributed by atoms with Crippen molar-refractivity contribution in [1.29, 1.82) is 0 Å². The normalized spacial score (nSPS) is 19.1. The Balaban J connectivity index is 1.74. The molecule has 1 N–H and O–H groups in total. The van der Waals surface area contributed by atoms with Gasteiger partial charge in [0.05, 0.1) is 18.6 Å². The molecule has 3 rings (SSSR count). The van der Waals surface area contributed by atoms with Crippen LogP contribution < -0.4 is 4.74 Å². The number of aliphatic carboxylic acids is 1. The van der Waals surface area contributed by atoms with Gasteiger partial charge in [0.2, 0.25) is 5.91 Å². The van der Waals surface area contributed by atoms with Gasteiger partial charge in [-0.1, -0.05) is 35.9 Å². The van der Waals surface area contributed by atoms with Crippen molar-refractivity contribution in [3.8, 4) is 5.75 Å². The van der Waals surface area contributed by atoms with Crippen LogP contribution in [0.5, 0.6) is 5.75 Å². The number of carbonyl (C=O) groups excluding carboxylic acids is 1. The van der Waals surface area contributed by atoms with E-state index in [0.717, 1.165) is 11.1 Å². The summed E-state index contributed by atoms with van der Waals surface area (Å²) in [6.45, 7) is 1.09. The number of ether oxygens (including phenoxy) is 2. The number of methoxy groups -OCH3 is 1. The fourth-order valence-electron chi connectivity index (χ4n) is 3.43. The van der Waals surface area contributed by atoms with Crippen LogP contribution in [-0.2, 0) is 20.9 Å². The second kappa shape index (κ2) is 9.08. The van der Waals surface area contributed by atoms with Crippen LogP contribution in [0, 0.1) is 5.92 Å². The zero-order valence-electron chi connectivity index (χ0n) is 15.5. The van der Waals surface area contributed by atoms with Gasteiger partial charge in [0.1, 0.15) is 12.4 Å². The van der Waals surface area contributed by atoms with E-state index in [9.17, 15) is 14.7 Å². The third-order valence-corrected chi connectivity index (χ3v) is 5.04. The highest BCUT2D eigenvalue weighted by molar-refractivity contribution is 6.30. The Morgan fingerprint density at radius 1 is 1.25 bits per heavy atom. The third-order valence-electron chi connectivity index (χ3n) is 4.80. The number of rotatable bonds is 8. The van der Waals surface area contributed by atoms with Crippen LogP contribution >= 0.6 is 11.6 Å². The van der Waals surface area contributed by atoms with Crippen molar-refractivity contribution in [2.24, 2.45) is 5.92 Å².